The van der Waals surface area contributed by atoms with Crippen LogP contribution in [0.5, 0.6) is 0 Å². The van der Waals surface area contributed by atoms with E-state index in [1.165, 1.54) is 0 Å². The monoisotopic (exact) mass is 608 g/mol. The van der Waals surface area contributed by atoms with Gasteiger partial charge in [0.1, 0.15) is 0 Å². The zero-order chi connectivity index (χ0) is 23.9. The van der Waals surface area contributed by atoms with Crippen LogP contribution in [0.2, 0.25) is 0 Å². The van der Waals surface area contributed by atoms with Gasteiger partial charge < -0.3 is 34.0 Å². The number of halogens is 2. The van der Waals surface area contributed by atoms with E-state index in [1.54, 1.807) is 9.13 Å². The van der Waals surface area contributed by atoms with Crippen molar-refractivity contribution in [2.75, 3.05) is 0 Å². The molecule has 0 aliphatic heterocycles. The van der Waals surface area contributed by atoms with Crippen molar-refractivity contribution in [3.8, 4) is 11.1 Å². The molecule has 0 N–H and O–H groups in total. The van der Waals surface area contributed by atoms with Gasteiger partial charge in [-0.25, -0.2) is 9.59 Å². The van der Waals surface area contributed by atoms with Crippen LogP contribution >= 0.6 is 0 Å². The molecule has 0 aliphatic rings. The predicted octanol–water partition coefficient (Wildman–Crippen LogP) is -1.17. The van der Waals surface area contributed by atoms with E-state index in [2.05, 4.69) is 13.8 Å². The number of pyridine rings is 2. The molecule has 36 heavy (non-hydrogen) atoms. The van der Waals surface area contributed by atoms with Gasteiger partial charge >= 0.3 is 11.8 Å². The highest BCUT2D eigenvalue weighted by molar-refractivity contribution is 5.73. The number of aryl methyl sites for hydroxylation is 2. The van der Waals surface area contributed by atoms with Crippen LogP contribution < -0.4 is 43.1 Å². The van der Waals surface area contributed by atoms with Crippen LogP contribution in [0, 0.1) is 0 Å². The Labute approximate surface area is 234 Å². The molecule has 2 heterocycles. The normalized spacial score (nSPS) is 10.2. The largest absolute Gasteiger partial charge is 1.00 e. The Kier molecular flexibility index (Phi) is 11.3. The molecule has 0 aliphatic carbocycles. The first kappa shape index (κ1) is 29.3. The van der Waals surface area contributed by atoms with Gasteiger partial charge in [-0.3, -0.25) is 0 Å². The number of aromatic nitrogens is 2. The van der Waals surface area contributed by atoms with Gasteiger partial charge in [0.25, 0.3) is 0 Å². The first-order chi connectivity index (χ1) is 16.6. The fraction of sp³-hybridized carbons (Fsp3) is 0.200. The third-order valence-corrected chi connectivity index (χ3v) is 6.10. The highest BCUT2D eigenvalue weighted by atomic mass is 79.9. The van der Waals surface area contributed by atoms with Gasteiger partial charge in [-0.15, -0.1) is 9.13 Å². The van der Waals surface area contributed by atoms with Crippen LogP contribution in [0.4, 0.5) is 0 Å². The summed E-state index contributed by atoms with van der Waals surface area (Å²) in [4.78, 5) is 25.5. The molecule has 0 unspecified atom stereocenters. The van der Waals surface area contributed by atoms with Crippen molar-refractivity contribution in [1.82, 2.24) is 0 Å². The van der Waals surface area contributed by atoms with Gasteiger partial charge in [0.05, 0.1) is 12.8 Å². The van der Waals surface area contributed by atoms with Crippen molar-refractivity contribution < 1.29 is 52.7 Å². The van der Waals surface area contributed by atoms with E-state index in [0.717, 1.165) is 46.5 Å². The summed E-state index contributed by atoms with van der Waals surface area (Å²) in [5.41, 5.74) is 6.17. The average molecular weight is 610 g/mol. The van der Waals surface area contributed by atoms with Crippen LogP contribution in [0.3, 0.4) is 0 Å². The molecule has 186 valence electrons. The zero-order valence-corrected chi connectivity index (χ0v) is 23.7. The van der Waals surface area contributed by atoms with E-state index < -0.39 is 0 Å². The van der Waals surface area contributed by atoms with E-state index in [4.69, 9.17) is 0 Å². The third kappa shape index (κ3) is 7.05. The Balaban J connectivity index is 0.00000228. The zero-order valence-electron chi connectivity index (χ0n) is 20.5. The minimum Gasteiger partial charge on any atom is -1.00 e. The predicted molar refractivity (Wildman–Crippen MR) is 133 cm³/mol. The fourth-order valence-corrected chi connectivity index (χ4v) is 4.17. The molecule has 2 aromatic heterocycles. The van der Waals surface area contributed by atoms with Crippen molar-refractivity contribution in [2.24, 2.45) is 0 Å². The lowest BCUT2D eigenvalue weighted by molar-refractivity contribution is -0.583. The Morgan fingerprint density at radius 2 is 0.917 bits per heavy atom. The van der Waals surface area contributed by atoms with Crippen LogP contribution in [-0.4, -0.2) is 11.8 Å². The number of carbonyl (C=O) groups excluding carboxylic acids is 2. The lowest BCUT2D eigenvalue weighted by Gasteiger charge is -2.06. The van der Waals surface area contributed by atoms with Gasteiger partial charge in [-0.1, -0.05) is 74.5 Å². The molecular formula is C30H30Br2N2O2. The van der Waals surface area contributed by atoms with Crippen molar-refractivity contribution in [2.45, 2.75) is 39.5 Å². The third-order valence-electron chi connectivity index (χ3n) is 6.10. The van der Waals surface area contributed by atoms with Crippen molar-refractivity contribution in [3.63, 3.8) is 0 Å². The Hall–Kier alpha value is -2.96. The summed E-state index contributed by atoms with van der Waals surface area (Å²) < 4.78 is 3.48. The maximum Gasteiger partial charge on any atom is 0.396 e. The molecule has 0 radical (unpaired) electrons. The van der Waals surface area contributed by atoms with Crippen LogP contribution in [0.1, 0.15) is 46.0 Å². The van der Waals surface area contributed by atoms with Crippen molar-refractivity contribution >= 4 is 11.8 Å². The second-order valence-corrected chi connectivity index (χ2v) is 8.37. The number of nitrogens with zero attached hydrogens (tertiary/aromatic N) is 2. The first-order valence-electron chi connectivity index (χ1n) is 11.8. The summed E-state index contributed by atoms with van der Waals surface area (Å²) in [7, 11) is 0. The van der Waals surface area contributed by atoms with Gasteiger partial charge in [0.2, 0.25) is 0 Å². The molecular weight excluding hydrogens is 580 g/mol. The van der Waals surface area contributed by atoms with E-state index in [1.807, 2.05) is 97.3 Å². The summed E-state index contributed by atoms with van der Waals surface area (Å²) >= 11 is 0. The molecule has 2 aromatic carbocycles. The summed E-state index contributed by atoms with van der Waals surface area (Å²) in [6.45, 7) is 4.11. The van der Waals surface area contributed by atoms with E-state index in [9.17, 15) is 9.59 Å². The Morgan fingerprint density at radius 1 is 0.556 bits per heavy atom. The summed E-state index contributed by atoms with van der Waals surface area (Å²) in [5.74, 6) is 0.142. The number of benzene rings is 2. The summed E-state index contributed by atoms with van der Waals surface area (Å²) in [5, 5.41) is 0. The molecule has 6 heteroatoms. The highest BCUT2D eigenvalue weighted by Gasteiger charge is 2.20. The highest BCUT2D eigenvalue weighted by Crippen LogP contribution is 2.21. The topological polar surface area (TPSA) is 41.9 Å². The molecule has 4 aromatic rings. The van der Waals surface area contributed by atoms with Gasteiger partial charge in [0.15, 0.2) is 23.8 Å². The molecule has 0 amide bonds. The number of rotatable bonds is 7. The second-order valence-electron chi connectivity index (χ2n) is 8.37. The van der Waals surface area contributed by atoms with Gasteiger partial charge in [-0.2, -0.15) is 0 Å². The summed E-state index contributed by atoms with van der Waals surface area (Å²) in [6, 6.07) is 27.9. The molecule has 4 rings (SSSR count). The fourth-order valence-electron chi connectivity index (χ4n) is 4.17. The minimum atomic E-state index is 0. The van der Waals surface area contributed by atoms with Crippen LogP contribution in [0.15, 0.2) is 97.3 Å². The minimum absolute atomic E-state index is 0. The quantitative estimate of drug-likeness (QED) is 0.248. The number of carbonyl (C=O) groups is 2. The molecule has 0 fully saturated rings. The average Bonchev–Trinajstić information content (AvgIpc) is 2.89. The van der Waals surface area contributed by atoms with Crippen LogP contribution in [0.25, 0.3) is 11.1 Å². The second kappa shape index (κ2) is 14.0. The van der Waals surface area contributed by atoms with Crippen molar-refractivity contribution in [3.05, 3.63) is 120 Å². The maximum atomic E-state index is 12.8. The molecule has 0 saturated heterocycles. The maximum absolute atomic E-state index is 12.8. The lowest BCUT2D eigenvalue weighted by atomic mass is 10.0. The smallest absolute Gasteiger partial charge is 0.396 e. The van der Waals surface area contributed by atoms with Gasteiger partial charge in [-0.05, 0) is 22.3 Å². The molecule has 0 saturated carbocycles. The molecule has 0 spiro atoms. The van der Waals surface area contributed by atoms with Gasteiger partial charge in [0, 0.05) is 37.1 Å². The van der Waals surface area contributed by atoms with Crippen molar-refractivity contribution in [1.29, 1.82) is 0 Å². The van der Waals surface area contributed by atoms with E-state index >= 15 is 0 Å². The standard InChI is InChI=1S/C30H30N2O2.2BrH/c1-3-27-9-5-7-19-31(27)29(33)21-23-11-15-25(16-12-23)26-17-13-24(14-18-26)22-30(34)32-20-8-6-10-28(32)4-2;;/h5-20H,3-4,21-22H2,1-2H3;2*1H/q+2;;/p-2. The number of hydrogen-bond acceptors (Lipinski definition) is 2. The first-order valence-corrected chi connectivity index (χ1v) is 11.8. The molecule has 0 atom stereocenters. The SMILES string of the molecule is CCc1cccc[n+]1C(=O)Cc1ccc(-c2ccc(CC(=O)[n+]3ccccc3CC)cc2)cc1.[Br-].[Br-]. The lowest BCUT2D eigenvalue weighted by Crippen LogP contribution is -3.00. The Bertz CT molecular complexity index is 1200. The molecule has 4 nitrogen and oxygen atoms in total. The number of hydrogen-bond donors (Lipinski definition) is 0. The van der Waals surface area contributed by atoms with Crippen LogP contribution in [-0.2, 0) is 25.7 Å². The van der Waals surface area contributed by atoms with E-state index in [-0.39, 0.29) is 45.8 Å². The van der Waals surface area contributed by atoms with E-state index in [0.29, 0.717) is 12.8 Å². The Morgan fingerprint density at radius 3 is 1.25 bits per heavy atom. The summed E-state index contributed by atoms with van der Waals surface area (Å²) in [6.07, 6.45) is 6.02. The molecule has 0 bridgehead atoms.